The van der Waals surface area contributed by atoms with E-state index >= 15 is 0 Å². The van der Waals surface area contributed by atoms with Crippen molar-refractivity contribution in [2.45, 2.75) is 65.7 Å². The van der Waals surface area contributed by atoms with Gasteiger partial charge in [-0.3, -0.25) is 4.90 Å². The summed E-state index contributed by atoms with van der Waals surface area (Å²) >= 11 is 0. The van der Waals surface area contributed by atoms with Crippen LogP contribution in [0.15, 0.2) is 36.4 Å². The van der Waals surface area contributed by atoms with Crippen LogP contribution < -0.4 is 15.0 Å². The highest BCUT2D eigenvalue weighted by Gasteiger charge is 2.61. The van der Waals surface area contributed by atoms with Crippen molar-refractivity contribution in [3.05, 3.63) is 47.7 Å². The van der Waals surface area contributed by atoms with Crippen molar-refractivity contribution in [2.75, 3.05) is 23.3 Å². The van der Waals surface area contributed by atoms with Gasteiger partial charge in [0, 0.05) is 42.3 Å². The summed E-state index contributed by atoms with van der Waals surface area (Å²) in [6, 6.07) is 10.1. The lowest BCUT2D eigenvalue weighted by atomic mass is 10.00. The Morgan fingerprint density at radius 3 is 2.35 bits per heavy atom. The minimum Gasteiger partial charge on any atom is -0.444 e. The van der Waals surface area contributed by atoms with Crippen molar-refractivity contribution in [1.29, 1.82) is 0 Å². The average Bonchev–Trinajstić information content (AvgIpc) is 3.24. The number of piperidine rings is 1. The Bertz CT molecular complexity index is 1160. The molecule has 1 saturated carbocycles. The Hall–Kier alpha value is -3.43. The third kappa shape index (κ3) is 5.94. The number of nitrogens with zero attached hydrogens (tertiary/aromatic N) is 3. The van der Waals surface area contributed by atoms with Crippen molar-refractivity contribution >= 4 is 23.5 Å². The lowest BCUT2D eigenvalue weighted by Crippen LogP contribution is -2.44. The monoisotopic (exact) mass is 516 g/mol. The molecule has 1 saturated heterocycles. The summed E-state index contributed by atoms with van der Waals surface area (Å²) in [5, 5.41) is 2.74. The number of likely N-dealkylation sites (tertiary alicyclic amines) is 1. The zero-order chi connectivity index (χ0) is 27.1. The maximum Gasteiger partial charge on any atom is 0.410 e. The van der Waals surface area contributed by atoms with Gasteiger partial charge in [0.25, 0.3) is 0 Å². The molecule has 8 nitrogen and oxygen atoms in total. The molecule has 2 aromatic rings. The zero-order valence-corrected chi connectivity index (χ0v) is 22.0. The van der Waals surface area contributed by atoms with Crippen LogP contribution in [0.2, 0.25) is 0 Å². The molecule has 2 atom stereocenters. The van der Waals surface area contributed by atoms with Crippen molar-refractivity contribution in [3.63, 3.8) is 0 Å². The number of fused-ring (bicyclic) bond motifs is 1. The van der Waals surface area contributed by atoms with Gasteiger partial charge in [0.2, 0.25) is 5.88 Å². The molecule has 37 heavy (non-hydrogen) atoms. The van der Waals surface area contributed by atoms with Gasteiger partial charge in [-0.2, -0.15) is 8.78 Å². The maximum atomic E-state index is 13.8. The van der Waals surface area contributed by atoms with Crippen LogP contribution in [0, 0.1) is 18.8 Å². The number of benzene rings is 1. The molecule has 2 aliphatic rings. The van der Waals surface area contributed by atoms with Crippen LogP contribution in [-0.2, 0) is 4.74 Å². The van der Waals surface area contributed by atoms with E-state index < -0.39 is 18.2 Å². The number of carbonyl (C=O) groups excluding carboxylic acids is 2. The number of rotatable bonds is 6. The molecule has 0 spiro atoms. The van der Waals surface area contributed by atoms with Gasteiger partial charge in [-0.1, -0.05) is 32.0 Å². The Labute approximate surface area is 215 Å². The van der Waals surface area contributed by atoms with E-state index in [4.69, 9.17) is 4.74 Å². The van der Waals surface area contributed by atoms with Crippen LogP contribution in [0.1, 0.15) is 51.8 Å². The van der Waals surface area contributed by atoms with Crippen LogP contribution in [0.4, 0.5) is 29.7 Å². The number of pyridine rings is 1. The van der Waals surface area contributed by atoms with Crippen LogP contribution in [0.3, 0.4) is 0 Å². The van der Waals surface area contributed by atoms with E-state index in [1.807, 2.05) is 58.9 Å². The topological polar surface area (TPSA) is 84.0 Å². The van der Waals surface area contributed by atoms with E-state index in [2.05, 4.69) is 15.0 Å². The highest BCUT2D eigenvalue weighted by molar-refractivity contribution is 6.04. The molecule has 1 aliphatic carbocycles. The minimum absolute atomic E-state index is 0.0594. The molecule has 2 heterocycles. The number of amides is 3. The van der Waals surface area contributed by atoms with Gasteiger partial charge in [0.05, 0.1) is 0 Å². The van der Waals surface area contributed by atoms with Crippen molar-refractivity contribution < 1.29 is 27.8 Å². The molecule has 200 valence electrons. The number of aryl methyl sites for hydroxylation is 1. The number of para-hydroxylation sites is 1. The summed E-state index contributed by atoms with van der Waals surface area (Å²) in [6.07, 6.45) is -0.364. The first-order valence-corrected chi connectivity index (χ1v) is 12.4. The fourth-order valence-corrected chi connectivity index (χ4v) is 4.93. The molecule has 10 heteroatoms. The zero-order valence-electron chi connectivity index (χ0n) is 22.0. The summed E-state index contributed by atoms with van der Waals surface area (Å²) in [4.78, 5) is 33.7. The van der Waals surface area contributed by atoms with E-state index in [1.165, 1.54) is 6.07 Å². The fourth-order valence-electron chi connectivity index (χ4n) is 4.93. The molecular formula is C27H34F2N4O4. The van der Waals surface area contributed by atoms with Crippen LogP contribution in [0.5, 0.6) is 5.88 Å². The van der Waals surface area contributed by atoms with E-state index in [9.17, 15) is 18.4 Å². The first-order valence-electron chi connectivity index (χ1n) is 12.4. The molecule has 4 rings (SSSR count). The number of alkyl halides is 2. The second-order valence-electron chi connectivity index (χ2n) is 10.9. The highest BCUT2D eigenvalue weighted by atomic mass is 19.3. The second-order valence-corrected chi connectivity index (χ2v) is 10.9. The number of anilines is 2. The van der Waals surface area contributed by atoms with Crippen molar-refractivity contribution in [3.8, 4) is 5.88 Å². The summed E-state index contributed by atoms with van der Waals surface area (Å²) in [7, 11) is 0. The average molecular weight is 517 g/mol. The number of urea groups is 1. The van der Waals surface area contributed by atoms with Gasteiger partial charge in [-0.15, -0.1) is 0 Å². The Morgan fingerprint density at radius 1 is 1.11 bits per heavy atom. The van der Waals surface area contributed by atoms with Crippen LogP contribution >= 0.6 is 0 Å². The highest BCUT2D eigenvalue weighted by Crippen LogP contribution is 2.51. The number of aromatic nitrogens is 1. The fraction of sp³-hybridized carbons (Fsp3) is 0.519. The van der Waals surface area contributed by atoms with Gasteiger partial charge in [-0.25, -0.2) is 14.6 Å². The molecule has 1 aromatic heterocycles. The summed E-state index contributed by atoms with van der Waals surface area (Å²) < 4.78 is 36.1. The van der Waals surface area contributed by atoms with E-state index in [1.54, 1.807) is 22.8 Å². The first kappa shape index (κ1) is 26.6. The van der Waals surface area contributed by atoms with Crippen molar-refractivity contribution in [2.24, 2.45) is 11.8 Å². The molecule has 1 aliphatic heterocycles. The predicted octanol–water partition coefficient (Wildman–Crippen LogP) is 6.02. The van der Waals surface area contributed by atoms with Gasteiger partial charge < -0.3 is 19.7 Å². The molecule has 1 aromatic carbocycles. The Balaban J connectivity index is 1.60. The number of hydrogen-bond donors (Lipinski definition) is 1. The Morgan fingerprint density at radius 2 is 1.76 bits per heavy atom. The van der Waals surface area contributed by atoms with E-state index in [-0.39, 0.29) is 41.5 Å². The lowest BCUT2D eigenvalue weighted by Gasteiger charge is -2.31. The third-order valence-electron chi connectivity index (χ3n) is 6.58. The number of hydrogen-bond acceptors (Lipinski definition) is 5. The predicted molar refractivity (Wildman–Crippen MR) is 136 cm³/mol. The van der Waals surface area contributed by atoms with Crippen LogP contribution in [-0.4, -0.2) is 53.4 Å². The molecule has 2 unspecified atom stereocenters. The normalized spacial score (nSPS) is 20.6. The lowest BCUT2D eigenvalue weighted by molar-refractivity contribution is -0.0524. The molecule has 1 N–H and O–H groups in total. The quantitative estimate of drug-likeness (QED) is 0.508. The third-order valence-corrected chi connectivity index (χ3v) is 6.58. The summed E-state index contributed by atoms with van der Waals surface area (Å²) in [6.45, 7) is 9.09. The number of halogens is 2. The summed E-state index contributed by atoms with van der Waals surface area (Å²) in [5.74, 6) is -0.0486. The summed E-state index contributed by atoms with van der Waals surface area (Å²) in [5.41, 5.74) is 1.68. The Kier molecular flexibility index (Phi) is 7.30. The SMILES string of the molecule is Cc1ccc(NC(=O)N(c2ccccc2C(C)C)C2C3CN(C(=O)OC(C)(C)C)CC32)c(OC(F)F)n1. The van der Waals surface area contributed by atoms with Crippen molar-refractivity contribution in [1.82, 2.24) is 9.88 Å². The van der Waals surface area contributed by atoms with Gasteiger partial charge in [-0.05, 0) is 57.4 Å². The van der Waals surface area contributed by atoms with E-state index in [0.717, 1.165) is 11.3 Å². The van der Waals surface area contributed by atoms with E-state index in [0.29, 0.717) is 18.8 Å². The largest absolute Gasteiger partial charge is 0.444 e. The molecule has 2 fully saturated rings. The number of nitrogens with one attached hydrogen (secondary N) is 1. The number of carbonyl (C=O) groups is 2. The first-order chi connectivity index (χ1) is 17.4. The standard InChI is InChI=1S/C27H34F2N4O4/c1-15(2)17-9-7-8-10-21(17)33(22-18-13-32(14-19(18)22)26(35)37-27(4,5)6)25(34)31-20-12-11-16(3)30-23(20)36-24(28)29/h7-12,15,18-19,22,24H,13-14H2,1-6H3,(H,31,34). The number of ether oxygens (including phenoxy) is 2. The molecule has 3 amide bonds. The smallest absolute Gasteiger partial charge is 0.410 e. The van der Waals surface area contributed by atoms with Crippen LogP contribution in [0.25, 0.3) is 0 Å². The van der Waals surface area contributed by atoms with Gasteiger partial charge >= 0.3 is 18.7 Å². The molecular weight excluding hydrogens is 482 g/mol. The molecule has 0 bridgehead atoms. The van der Waals surface area contributed by atoms with Gasteiger partial charge in [0.1, 0.15) is 11.3 Å². The maximum absolute atomic E-state index is 13.8. The minimum atomic E-state index is -3.08. The second kappa shape index (κ2) is 10.1. The van der Waals surface area contributed by atoms with Gasteiger partial charge in [0.15, 0.2) is 0 Å². The molecule has 0 radical (unpaired) electrons.